The average Bonchev–Trinajstić information content (AvgIpc) is 1.95. The predicted octanol–water partition coefficient (Wildman–Crippen LogP) is 1.32. The molecule has 0 aliphatic rings. The summed E-state index contributed by atoms with van der Waals surface area (Å²) in [6, 6.07) is 0. The molecule has 4 nitrogen and oxygen atoms in total. The van der Waals surface area contributed by atoms with Crippen molar-refractivity contribution in [2.24, 2.45) is 0 Å². The fraction of sp³-hybridized carbons (Fsp3) is 0. The lowest BCUT2D eigenvalue weighted by Gasteiger charge is -1.97. The van der Waals surface area contributed by atoms with Gasteiger partial charge in [0, 0.05) is 0 Å². The van der Waals surface area contributed by atoms with E-state index in [-0.39, 0.29) is 22.7 Å². The minimum absolute atomic E-state index is 0.00764. The van der Waals surface area contributed by atoms with E-state index < -0.39 is 0 Å². The molecule has 1 rings (SSSR count). The average molecular weight is 193 g/mol. The van der Waals surface area contributed by atoms with Crippen LogP contribution in [-0.2, 0) is 4.79 Å². The molecular weight excluding hydrogens is 191 g/mol. The third kappa shape index (κ3) is 2.03. The van der Waals surface area contributed by atoms with Gasteiger partial charge >= 0.3 is 0 Å². The largest absolute Gasteiger partial charge is 0.424 e. The number of halogens is 2. The molecule has 0 spiro atoms. The molecule has 0 aliphatic heterocycles. The second-order valence-electron chi connectivity index (χ2n) is 1.51. The van der Waals surface area contributed by atoms with Gasteiger partial charge < -0.3 is 4.74 Å². The van der Waals surface area contributed by atoms with E-state index in [0.29, 0.717) is 0 Å². The highest BCUT2D eigenvalue weighted by Gasteiger charge is 2.03. The number of carbonyl (C=O) groups excluding carboxylic acids is 1. The first-order valence-corrected chi connectivity index (χ1v) is 3.28. The molecule has 0 fully saturated rings. The SMILES string of the molecule is O=COc1cnc(Cl)nc1Cl. The van der Waals surface area contributed by atoms with Crippen LogP contribution >= 0.6 is 23.2 Å². The van der Waals surface area contributed by atoms with Gasteiger partial charge in [-0.15, -0.1) is 0 Å². The van der Waals surface area contributed by atoms with E-state index in [4.69, 9.17) is 23.2 Å². The van der Waals surface area contributed by atoms with Gasteiger partial charge in [-0.2, -0.15) is 0 Å². The fourth-order valence-electron chi connectivity index (χ4n) is 0.461. The highest BCUT2D eigenvalue weighted by molar-refractivity contribution is 6.32. The van der Waals surface area contributed by atoms with E-state index in [1.165, 1.54) is 6.20 Å². The lowest BCUT2D eigenvalue weighted by molar-refractivity contribution is -0.120. The number of nitrogens with zero attached hydrogens (tertiary/aromatic N) is 2. The van der Waals surface area contributed by atoms with Crippen molar-refractivity contribution in [2.75, 3.05) is 0 Å². The summed E-state index contributed by atoms with van der Waals surface area (Å²) in [6.07, 6.45) is 1.21. The summed E-state index contributed by atoms with van der Waals surface area (Å²) >= 11 is 10.9. The maximum Gasteiger partial charge on any atom is 0.298 e. The second-order valence-corrected chi connectivity index (χ2v) is 2.20. The molecule has 0 saturated carbocycles. The summed E-state index contributed by atoms with van der Waals surface area (Å²) in [5, 5.41) is 0.0188. The molecule has 0 bridgehead atoms. The summed E-state index contributed by atoms with van der Waals surface area (Å²) < 4.78 is 4.40. The predicted molar refractivity (Wildman–Crippen MR) is 38.7 cm³/mol. The van der Waals surface area contributed by atoms with Gasteiger partial charge in [0.05, 0.1) is 6.20 Å². The third-order valence-electron chi connectivity index (χ3n) is 0.857. The molecule has 6 heteroatoms. The van der Waals surface area contributed by atoms with Gasteiger partial charge in [-0.1, -0.05) is 11.6 Å². The summed E-state index contributed by atoms with van der Waals surface area (Å²) in [6.45, 7) is 0.235. The van der Waals surface area contributed by atoms with Gasteiger partial charge in [0.15, 0.2) is 10.9 Å². The Kier molecular flexibility index (Phi) is 2.62. The molecule has 1 heterocycles. The van der Waals surface area contributed by atoms with Crippen molar-refractivity contribution in [3.8, 4) is 5.75 Å². The number of rotatable bonds is 2. The van der Waals surface area contributed by atoms with Gasteiger partial charge in [-0.05, 0) is 11.6 Å². The molecule has 11 heavy (non-hydrogen) atoms. The van der Waals surface area contributed by atoms with Crippen LogP contribution in [0.2, 0.25) is 10.4 Å². The molecule has 1 aromatic heterocycles. The van der Waals surface area contributed by atoms with Crippen LogP contribution in [0.5, 0.6) is 5.75 Å². The van der Waals surface area contributed by atoms with Crippen LogP contribution in [0, 0.1) is 0 Å². The first kappa shape index (κ1) is 8.23. The first-order valence-electron chi connectivity index (χ1n) is 2.52. The van der Waals surface area contributed by atoms with E-state index >= 15 is 0 Å². The summed E-state index contributed by atoms with van der Waals surface area (Å²) in [4.78, 5) is 16.9. The maximum absolute atomic E-state index is 9.84. The van der Waals surface area contributed by atoms with Gasteiger partial charge in [0.1, 0.15) is 0 Å². The van der Waals surface area contributed by atoms with E-state index in [2.05, 4.69) is 14.7 Å². The normalized spacial score (nSPS) is 9.27. The first-order chi connectivity index (χ1) is 5.24. The van der Waals surface area contributed by atoms with Crippen molar-refractivity contribution in [1.82, 2.24) is 9.97 Å². The zero-order valence-corrected chi connectivity index (χ0v) is 6.63. The van der Waals surface area contributed by atoms with E-state index in [0.717, 1.165) is 0 Å². The quantitative estimate of drug-likeness (QED) is 0.403. The van der Waals surface area contributed by atoms with Crippen LogP contribution in [0.4, 0.5) is 0 Å². The zero-order valence-electron chi connectivity index (χ0n) is 5.12. The van der Waals surface area contributed by atoms with E-state index in [1.54, 1.807) is 0 Å². The Hall–Kier alpha value is -0.870. The Bertz CT molecular complexity index is 279. The van der Waals surface area contributed by atoms with Gasteiger partial charge in [0.25, 0.3) is 6.47 Å². The highest BCUT2D eigenvalue weighted by Crippen LogP contribution is 2.20. The summed E-state index contributed by atoms with van der Waals surface area (Å²) in [5.74, 6) is 0.0890. The number of aromatic nitrogens is 2. The zero-order chi connectivity index (χ0) is 8.27. The standard InChI is InChI=1S/C5H2Cl2N2O2/c6-4-3(11-2-10)1-8-5(7)9-4/h1-2H. The summed E-state index contributed by atoms with van der Waals surface area (Å²) in [7, 11) is 0. The molecule has 0 amide bonds. The van der Waals surface area contributed by atoms with Crippen LogP contribution in [0.15, 0.2) is 6.20 Å². The molecule has 0 atom stereocenters. The van der Waals surface area contributed by atoms with Gasteiger partial charge in [0.2, 0.25) is 5.28 Å². The van der Waals surface area contributed by atoms with Crippen molar-refractivity contribution in [3.63, 3.8) is 0 Å². The van der Waals surface area contributed by atoms with Crippen molar-refractivity contribution in [1.29, 1.82) is 0 Å². The number of hydrogen-bond acceptors (Lipinski definition) is 4. The Morgan fingerprint density at radius 2 is 2.27 bits per heavy atom. The Labute approximate surface area is 72.1 Å². The van der Waals surface area contributed by atoms with Crippen molar-refractivity contribution in [3.05, 3.63) is 16.6 Å². The molecule has 0 unspecified atom stereocenters. The van der Waals surface area contributed by atoms with Crippen LogP contribution in [-0.4, -0.2) is 16.4 Å². The molecule has 0 aromatic carbocycles. The maximum atomic E-state index is 9.84. The minimum atomic E-state index is 0.00764. The molecule has 1 aromatic rings. The Morgan fingerprint density at radius 1 is 1.55 bits per heavy atom. The van der Waals surface area contributed by atoms with Crippen molar-refractivity contribution in [2.45, 2.75) is 0 Å². The van der Waals surface area contributed by atoms with Crippen LogP contribution < -0.4 is 4.74 Å². The van der Waals surface area contributed by atoms with Crippen molar-refractivity contribution >= 4 is 29.7 Å². The molecule has 0 saturated heterocycles. The summed E-state index contributed by atoms with van der Waals surface area (Å²) in [5.41, 5.74) is 0. The fourth-order valence-corrected chi connectivity index (χ4v) is 0.811. The minimum Gasteiger partial charge on any atom is -0.424 e. The van der Waals surface area contributed by atoms with Gasteiger partial charge in [-0.3, -0.25) is 4.79 Å². The number of hydrogen-bond donors (Lipinski definition) is 0. The van der Waals surface area contributed by atoms with Crippen LogP contribution in [0.25, 0.3) is 0 Å². The third-order valence-corrected chi connectivity index (χ3v) is 1.31. The Balaban J connectivity index is 2.98. The van der Waals surface area contributed by atoms with Crippen LogP contribution in [0.3, 0.4) is 0 Å². The second kappa shape index (κ2) is 3.50. The van der Waals surface area contributed by atoms with Gasteiger partial charge in [-0.25, -0.2) is 9.97 Å². The topological polar surface area (TPSA) is 52.1 Å². The molecule has 0 aliphatic carbocycles. The number of ether oxygens (including phenoxy) is 1. The van der Waals surface area contributed by atoms with Crippen molar-refractivity contribution < 1.29 is 9.53 Å². The molecule has 0 radical (unpaired) electrons. The van der Waals surface area contributed by atoms with E-state index in [1.807, 2.05) is 0 Å². The number of carbonyl (C=O) groups is 1. The lowest BCUT2D eigenvalue weighted by Crippen LogP contribution is -1.92. The van der Waals surface area contributed by atoms with E-state index in [9.17, 15) is 4.79 Å². The monoisotopic (exact) mass is 192 g/mol. The molecular formula is C5H2Cl2N2O2. The Morgan fingerprint density at radius 3 is 2.82 bits per heavy atom. The lowest BCUT2D eigenvalue weighted by atomic mass is 10.6. The molecule has 58 valence electrons. The van der Waals surface area contributed by atoms with Crippen LogP contribution in [0.1, 0.15) is 0 Å². The highest BCUT2D eigenvalue weighted by atomic mass is 35.5. The smallest absolute Gasteiger partial charge is 0.298 e. The molecule has 0 N–H and O–H groups in total.